The Bertz CT molecular complexity index is 663. The van der Waals surface area contributed by atoms with E-state index in [4.69, 9.17) is 0 Å². The van der Waals surface area contributed by atoms with Crippen molar-refractivity contribution in [2.75, 3.05) is 27.7 Å². The topological polar surface area (TPSA) is 101 Å². The van der Waals surface area contributed by atoms with Gasteiger partial charge in [0.1, 0.15) is 5.78 Å². The number of hydrogen-bond acceptors (Lipinski definition) is 5. The molecule has 2 N–H and O–H groups in total. The molecule has 1 amide bonds. The van der Waals surface area contributed by atoms with Crippen LogP contribution in [0.5, 0.6) is 0 Å². The van der Waals surface area contributed by atoms with Crippen molar-refractivity contribution in [1.29, 1.82) is 0 Å². The summed E-state index contributed by atoms with van der Waals surface area (Å²) in [6.07, 6.45) is 17.2. The molecule has 216 valence electrons. The van der Waals surface area contributed by atoms with E-state index in [1.807, 2.05) is 21.1 Å². The monoisotopic (exact) mass is 543 g/mol. The number of unbranched alkanes of at least 4 members (excludes halogenated alkanes) is 12. The minimum atomic E-state index is -2.41. The van der Waals surface area contributed by atoms with E-state index in [1.165, 1.54) is 71.1 Å². The van der Waals surface area contributed by atoms with Gasteiger partial charge in [-0.1, -0.05) is 84.0 Å². The van der Waals surface area contributed by atoms with Crippen molar-refractivity contribution in [2.45, 2.75) is 135 Å². The summed E-state index contributed by atoms with van der Waals surface area (Å²) in [5.74, 6) is -0.325. The Morgan fingerprint density at radius 1 is 0.703 bits per heavy atom. The third-order valence-corrected chi connectivity index (χ3v) is 7.90. The van der Waals surface area contributed by atoms with E-state index in [1.54, 1.807) is 0 Å². The first-order valence-electron chi connectivity index (χ1n) is 14.6. The number of Topliss-reactive ketones (excluding diaryl/α,β-unsaturated/α-hetero) is 1. The van der Waals surface area contributed by atoms with Crippen LogP contribution in [0, 0.1) is 0 Å². The van der Waals surface area contributed by atoms with E-state index in [0.29, 0.717) is 17.3 Å². The van der Waals surface area contributed by atoms with Gasteiger partial charge in [0, 0.05) is 45.1 Å². The molecule has 0 aliphatic carbocycles. The van der Waals surface area contributed by atoms with Crippen molar-refractivity contribution in [3.05, 3.63) is 0 Å². The molecular weight excluding hydrogens is 487 g/mol. The Kier molecular flexibility index (Phi) is 21.0. The Hall–Kier alpha value is -1.17. The lowest BCUT2D eigenvalue weighted by molar-refractivity contribution is -0.870. The average molecular weight is 544 g/mol. The molecule has 0 aromatic heterocycles. The van der Waals surface area contributed by atoms with Gasteiger partial charge in [-0.15, -0.1) is 0 Å². The van der Waals surface area contributed by atoms with Crippen molar-refractivity contribution >= 4 is 30.9 Å². The highest BCUT2D eigenvalue weighted by Gasteiger charge is 2.28. The van der Waals surface area contributed by atoms with Crippen LogP contribution in [0.2, 0.25) is 0 Å². The van der Waals surface area contributed by atoms with Crippen LogP contribution in [0.1, 0.15) is 129 Å². The van der Waals surface area contributed by atoms with Crippen LogP contribution < -0.4 is 5.32 Å². The standard InChI is InChI=1S/C29H55N2O5P/c1-6-7-8-9-10-11-12-13-14-15-16-17-18-20-27(33)23-26(30-25(2)32)24-29(35)37(36)28(34)21-19-22-31(3,4)5/h26,36H,6-24H2,1-5H3/p+1. The Morgan fingerprint density at radius 3 is 1.65 bits per heavy atom. The van der Waals surface area contributed by atoms with Gasteiger partial charge in [0.15, 0.2) is 19.2 Å². The smallest absolute Gasteiger partial charge is 0.217 e. The van der Waals surface area contributed by atoms with Crippen molar-refractivity contribution in [2.24, 2.45) is 0 Å². The van der Waals surface area contributed by atoms with Crippen molar-refractivity contribution in [1.82, 2.24) is 5.32 Å². The first-order chi connectivity index (χ1) is 17.5. The largest absolute Gasteiger partial charge is 0.360 e. The van der Waals surface area contributed by atoms with E-state index >= 15 is 0 Å². The molecule has 0 radical (unpaired) electrons. The number of nitrogens with one attached hydrogen (secondary N) is 1. The maximum absolute atomic E-state index is 12.5. The molecule has 8 heteroatoms. The molecular formula is C29H56N2O5P+. The molecule has 0 fully saturated rings. The van der Waals surface area contributed by atoms with E-state index in [9.17, 15) is 24.1 Å². The van der Waals surface area contributed by atoms with Crippen molar-refractivity contribution in [3.63, 3.8) is 0 Å². The van der Waals surface area contributed by atoms with Gasteiger partial charge in [-0.05, 0) is 6.42 Å². The van der Waals surface area contributed by atoms with E-state index in [-0.39, 0.29) is 31.0 Å². The summed E-state index contributed by atoms with van der Waals surface area (Å²) in [6, 6.07) is -0.671. The molecule has 7 nitrogen and oxygen atoms in total. The van der Waals surface area contributed by atoms with Crippen molar-refractivity contribution < 1.29 is 28.6 Å². The zero-order valence-electron chi connectivity index (χ0n) is 24.5. The number of quaternary nitrogens is 1. The molecule has 0 aromatic carbocycles. The molecule has 0 saturated heterocycles. The van der Waals surface area contributed by atoms with Gasteiger partial charge in [-0.2, -0.15) is 0 Å². The van der Waals surface area contributed by atoms with Gasteiger partial charge >= 0.3 is 0 Å². The summed E-state index contributed by atoms with van der Waals surface area (Å²) in [5, 5.41) is 2.65. The quantitative estimate of drug-likeness (QED) is 0.0805. The molecule has 2 atom stereocenters. The van der Waals surface area contributed by atoms with Gasteiger partial charge in [0.2, 0.25) is 5.91 Å². The lowest BCUT2D eigenvalue weighted by atomic mass is 10.0. The molecule has 0 spiro atoms. The van der Waals surface area contributed by atoms with Crippen LogP contribution >= 0.6 is 8.15 Å². The Morgan fingerprint density at radius 2 is 1.19 bits per heavy atom. The van der Waals surface area contributed by atoms with Gasteiger partial charge in [-0.3, -0.25) is 19.2 Å². The second-order valence-corrected chi connectivity index (χ2v) is 13.2. The van der Waals surface area contributed by atoms with Crippen LogP contribution in [-0.2, 0) is 19.2 Å². The van der Waals surface area contributed by atoms with Gasteiger partial charge in [0.05, 0.1) is 27.7 Å². The Balaban J connectivity index is 4.15. The molecule has 0 bridgehead atoms. The highest BCUT2D eigenvalue weighted by atomic mass is 31.1. The first kappa shape index (κ1) is 35.8. The van der Waals surface area contributed by atoms with E-state index < -0.39 is 25.2 Å². The van der Waals surface area contributed by atoms with Gasteiger partial charge < -0.3 is 14.7 Å². The van der Waals surface area contributed by atoms with Crippen LogP contribution in [0.4, 0.5) is 0 Å². The maximum atomic E-state index is 12.5. The maximum Gasteiger partial charge on any atom is 0.217 e. The molecule has 37 heavy (non-hydrogen) atoms. The van der Waals surface area contributed by atoms with Gasteiger partial charge in [-0.25, -0.2) is 0 Å². The van der Waals surface area contributed by atoms with Crippen molar-refractivity contribution in [3.8, 4) is 0 Å². The predicted molar refractivity (Wildman–Crippen MR) is 153 cm³/mol. The second-order valence-electron chi connectivity index (χ2n) is 11.6. The third-order valence-electron chi connectivity index (χ3n) is 6.55. The highest BCUT2D eigenvalue weighted by molar-refractivity contribution is 7.84. The zero-order chi connectivity index (χ0) is 28.1. The lowest BCUT2D eigenvalue weighted by Gasteiger charge is -2.23. The number of nitrogens with zero attached hydrogens (tertiary/aromatic N) is 1. The molecule has 2 unspecified atom stereocenters. The third kappa shape index (κ3) is 22.5. The fraction of sp³-hybridized carbons (Fsp3) is 0.862. The normalized spacial score (nSPS) is 13.2. The van der Waals surface area contributed by atoms with Gasteiger partial charge in [0.25, 0.3) is 0 Å². The summed E-state index contributed by atoms with van der Waals surface area (Å²) in [5.41, 5.74) is -1.01. The fourth-order valence-corrected chi connectivity index (χ4v) is 5.47. The van der Waals surface area contributed by atoms with Crippen LogP contribution in [0.3, 0.4) is 0 Å². The number of hydrogen-bond donors (Lipinski definition) is 2. The highest BCUT2D eigenvalue weighted by Crippen LogP contribution is 2.36. The molecule has 0 saturated carbocycles. The van der Waals surface area contributed by atoms with E-state index in [2.05, 4.69) is 12.2 Å². The lowest BCUT2D eigenvalue weighted by Crippen LogP contribution is -2.36. The number of rotatable bonds is 25. The van der Waals surface area contributed by atoms with E-state index in [0.717, 1.165) is 25.8 Å². The summed E-state index contributed by atoms with van der Waals surface area (Å²) < 4.78 is 0.705. The summed E-state index contributed by atoms with van der Waals surface area (Å²) in [4.78, 5) is 59.0. The second kappa shape index (κ2) is 21.7. The summed E-state index contributed by atoms with van der Waals surface area (Å²) in [7, 11) is 3.65. The van der Waals surface area contributed by atoms with Crippen LogP contribution in [0.15, 0.2) is 0 Å². The van der Waals surface area contributed by atoms with Crippen LogP contribution in [-0.4, -0.2) is 65.8 Å². The molecule has 0 aromatic rings. The Labute approximate surface area is 228 Å². The summed E-state index contributed by atoms with van der Waals surface area (Å²) in [6.45, 7) is 4.35. The SMILES string of the molecule is CCCCCCCCCCCCCCCC(=O)CC(CC(=O)P(O)C(=O)CCC[N+](C)(C)C)NC(C)=O. The first-order valence-corrected chi connectivity index (χ1v) is 15.9. The minimum Gasteiger partial charge on any atom is -0.360 e. The number of carbonyl (C=O) groups excluding carboxylic acids is 4. The number of amides is 1. The number of ketones is 1. The average Bonchev–Trinajstić information content (AvgIpc) is 2.80. The molecule has 0 rings (SSSR count). The van der Waals surface area contributed by atoms with Crippen LogP contribution in [0.25, 0.3) is 0 Å². The zero-order valence-corrected chi connectivity index (χ0v) is 25.4. The fourth-order valence-electron chi connectivity index (χ4n) is 4.43. The molecule has 0 heterocycles. The minimum absolute atomic E-state index is 0.00571. The summed E-state index contributed by atoms with van der Waals surface area (Å²) >= 11 is 0. The molecule has 0 aliphatic rings. The predicted octanol–water partition coefficient (Wildman–Crippen LogP) is 6.25. The number of carbonyl (C=O) groups is 4. The molecule has 0 aliphatic heterocycles.